The first-order valence-electron chi connectivity index (χ1n) is 5.07. The molecule has 1 aromatic rings. The van der Waals surface area contributed by atoms with Crippen LogP contribution in [-0.2, 0) is 0 Å². The standard InChI is InChI=1S/C10H16N4/c1-8-9(11)3-2-6-14(8)10-4-5-12-7-13-10/h4-5,7-9H,2-3,6,11H2,1H3. The second-order valence-corrected chi connectivity index (χ2v) is 3.81. The number of hydrogen-bond donors (Lipinski definition) is 1. The van der Waals surface area contributed by atoms with E-state index in [1.165, 1.54) is 0 Å². The fourth-order valence-electron chi connectivity index (χ4n) is 1.95. The van der Waals surface area contributed by atoms with Crippen LogP contribution in [0.5, 0.6) is 0 Å². The molecule has 2 heterocycles. The third-order valence-electron chi connectivity index (χ3n) is 2.91. The smallest absolute Gasteiger partial charge is 0.132 e. The lowest BCUT2D eigenvalue weighted by molar-refractivity contribution is 0.418. The van der Waals surface area contributed by atoms with Gasteiger partial charge in [0.05, 0.1) is 0 Å². The summed E-state index contributed by atoms with van der Waals surface area (Å²) in [6, 6.07) is 2.58. The number of rotatable bonds is 1. The van der Waals surface area contributed by atoms with Gasteiger partial charge in [-0.2, -0.15) is 0 Å². The fraction of sp³-hybridized carbons (Fsp3) is 0.600. The Hall–Kier alpha value is -1.16. The first-order valence-corrected chi connectivity index (χ1v) is 5.07. The molecule has 2 unspecified atom stereocenters. The van der Waals surface area contributed by atoms with E-state index in [0.717, 1.165) is 25.2 Å². The van der Waals surface area contributed by atoms with Crippen LogP contribution in [0.15, 0.2) is 18.6 Å². The second kappa shape index (κ2) is 3.92. The van der Waals surface area contributed by atoms with Crippen molar-refractivity contribution >= 4 is 5.82 Å². The van der Waals surface area contributed by atoms with Crippen LogP contribution in [0.2, 0.25) is 0 Å². The molecule has 0 aromatic carbocycles. The summed E-state index contributed by atoms with van der Waals surface area (Å²) < 4.78 is 0. The van der Waals surface area contributed by atoms with Crippen molar-refractivity contribution in [1.29, 1.82) is 0 Å². The molecule has 4 nitrogen and oxygen atoms in total. The number of anilines is 1. The average molecular weight is 192 g/mol. The molecule has 0 bridgehead atoms. The summed E-state index contributed by atoms with van der Waals surface area (Å²) in [5.74, 6) is 0.989. The highest BCUT2D eigenvalue weighted by Gasteiger charge is 2.25. The molecule has 14 heavy (non-hydrogen) atoms. The lowest BCUT2D eigenvalue weighted by atomic mass is 9.98. The Morgan fingerprint density at radius 3 is 3.14 bits per heavy atom. The molecule has 1 aliphatic heterocycles. The van der Waals surface area contributed by atoms with Crippen LogP contribution in [0.4, 0.5) is 5.82 Å². The van der Waals surface area contributed by atoms with E-state index in [2.05, 4.69) is 21.8 Å². The Bertz CT molecular complexity index is 287. The summed E-state index contributed by atoms with van der Waals surface area (Å²) in [6.07, 6.45) is 5.62. The maximum absolute atomic E-state index is 6.02. The summed E-state index contributed by atoms with van der Waals surface area (Å²) in [7, 11) is 0. The van der Waals surface area contributed by atoms with Crippen molar-refractivity contribution in [1.82, 2.24) is 9.97 Å². The molecule has 1 aromatic heterocycles. The van der Waals surface area contributed by atoms with Gasteiger partial charge in [-0.05, 0) is 25.8 Å². The van der Waals surface area contributed by atoms with E-state index in [9.17, 15) is 0 Å². The molecule has 0 amide bonds. The Morgan fingerprint density at radius 1 is 1.57 bits per heavy atom. The van der Waals surface area contributed by atoms with Gasteiger partial charge in [-0.3, -0.25) is 0 Å². The van der Waals surface area contributed by atoms with E-state index >= 15 is 0 Å². The van der Waals surface area contributed by atoms with Crippen LogP contribution in [0.25, 0.3) is 0 Å². The third kappa shape index (κ3) is 1.70. The summed E-state index contributed by atoms with van der Waals surface area (Å²) in [5, 5.41) is 0. The van der Waals surface area contributed by atoms with Crippen molar-refractivity contribution in [2.75, 3.05) is 11.4 Å². The minimum atomic E-state index is 0.263. The molecule has 4 heteroatoms. The molecular formula is C10H16N4. The Balaban J connectivity index is 2.17. The van der Waals surface area contributed by atoms with Crippen LogP contribution in [0.1, 0.15) is 19.8 Å². The van der Waals surface area contributed by atoms with Gasteiger partial charge in [0.1, 0.15) is 12.1 Å². The molecule has 76 valence electrons. The molecule has 2 N–H and O–H groups in total. The molecule has 0 radical (unpaired) electrons. The first-order chi connectivity index (χ1) is 6.79. The lowest BCUT2D eigenvalue weighted by Crippen LogP contribution is -2.50. The minimum absolute atomic E-state index is 0.263. The monoisotopic (exact) mass is 192 g/mol. The number of aromatic nitrogens is 2. The van der Waals surface area contributed by atoms with Crippen molar-refractivity contribution in [3.63, 3.8) is 0 Å². The lowest BCUT2D eigenvalue weighted by Gasteiger charge is -2.38. The molecule has 2 atom stereocenters. The Morgan fingerprint density at radius 2 is 2.43 bits per heavy atom. The second-order valence-electron chi connectivity index (χ2n) is 3.81. The van der Waals surface area contributed by atoms with Gasteiger partial charge in [-0.15, -0.1) is 0 Å². The van der Waals surface area contributed by atoms with E-state index in [-0.39, 0.29) is 6.04 Å². The van der Waals surface area contributed by atoms with Gasteiger partial charge in [0.25, 0.3) is 0 Å². The number of nitrogens with zero attached hydrogens (tertiary/aromatic N) is 3. The van der Waals surface area contributed by atoms with E-state index < -0.39 is 0 Å². The van der Waals surface area contributed by atoms with Gasteiger partial charge in [-0.1, -0.05) is 0 Å². The number of piperidine rings is 1. The number of nitrogens with two attached hydrogens (primary N) is 1. The largest absolute Gasteiger partial charge is 0.352 e. The van der Waals surface area contributed by atoms with Crippen LogP contribution in [-0.4, -0.2) is 28.6 Å². The summed E-state index contributed by atoms with van der Waals surface area (Å²) in [6.45, 7) is 3.21. The molecule has 0 spiro atoms. The zero-order valence-electron chi connectivity index (χ0n) is 8.43. The van der Waals surface area contributed by atoms with Gasteiger partial charge in [0.15, 0.2) is 0 Å². The summed E-state index contributed by atoms with van der Waals surface area (Å²) in [4.78, 5) is 10.4. The molecule has 0 saturated carbocycles. The molecular weight excluding hydrogens is 176 g/mol. The molecule has 2 rings (SSSR count). The number of hydrogen-bond acceptors (Lipinski definition) is 4. The quantitative estimate of drug-likeness (QED) is 0.715. The van der Waals surface area contributed by atoms with Crippen LogP contribution in [0, 0.1) is 0 Å². The van der Waals surface area contributed by atoms with Crippen molar-refractivity contribution in [2.45, 2.75) is 31.8 Å². The van der Waals surface area contributed by atoms with Crippen molar-refractivity contribution in [2.24, 2.45) is 5.73 Å². The zero-order chi connectivity index (χ0) is 9.97. The fourth-order valence-corrected chi connectivity index (χ4v) is 1.95. The minimum Gasteiger partial charge on any atom is -0.352 e. The Kier molecular flexibility index (Phi) is 2.63. The predicted octanol–water partition coefficient (Wildman–Crippen LogP) is 0.793. The Labute approximate surface area is 84.2 Å². The highest BCUT2D eigenvalue weighted by molar-refractivity contribution is 5.39. The maximum Gasteiger partial charge on any atom is 0.132 e. The van der Waals surface area contributed by atoms with Crippen LogP contribution >= 0.6 is 0 Å². The summed E-state index contributed by atoms with van der Waals surface area (Å²) in [5.41, 5.74) is 6.02. The van der Waals surface area contributed by atoms with Crippen molar-refractivity contribution < 1.29 is 0 Å². The van der Waals surface area contributed by atoms with Gasteiger partial charge >= 0.3 is 0 Å². The van der Waals surface area contributed by atoms with E-state index in [4.69, 9.17) is 5.73 Å². The SMILES string of the molecule is CC1C(N)CCCN1c1ccncn1. The maximum atomic E-state index is 6.02. The van der Waals surface area contributed by atoms with Gasteiger partial charge in [0, 0.05) is 24.8 Å². The van der Waals surface area contributed by atoms with Gasteiger partial charge < -0.3 is 10.6 Å². The van der Waals surface area contributed by atoms with E-state index in [1.54, 1.807) is 12.5 Å². The highest BCUT2D eigenvalue weighted by atomic mass is 15.2. The predicted molar refractivity (Wildman–Crippen MR) is 56.0 cm³/mol. The third-order valence-corrected chi connectivity index (χ3v) is 2.91. The molecule has 0 aliphatic carbocycles. The topological polar surface area (TPSA) is 55.0 Å². The van der Waals surface area contributed by atoms with Crippen LogP contribution < -0.4 is 10.6 Å². The van der Waals surface area contributed by atoms with Gasteiger partial charge in [-0.25, -0.2) is 9.97 Å². The normalized spacial score (nSPS) is 27.7. The van der Waals surface area contributed by atoms with Gasteiger partial charge in [0.2, 0.25) is 0 Å². The molecule has 1 aliphatic rings. The summed E-state index contributed by atoms with van der Waals surface area (Å²) >= 11 is 0. The van der Waals surface area contributed by atoms with E-state index in [0.29, 0.717) is 6.04 Å². The zero-order valence-corrected chi connectivity index (χ0v) is 8.43. The molecule has 1 saturated heterocycles. The van der Waals surface area contributed by atoms with Crippen molar-refractivity contribution in [3.8, 4) is 0 Å². The van der Waals surface area contributed by atoms with Crippen LogP contribution in [0.3, 0.4) is 0 Å². The first kappa shape index (κ1) is 9.40. The van der Waals surface area contributed by atoms with Crippen molar-refractivity contribution in [3.05, 3.63) is 18.6 Å². The highest BCUT2D eigenvalue weighted by Crippen LogP contribution is 2.21. The molecule has 1 fully saturated rings. The average Bonchev–Trinajstić information content (AvgIpc) is 2.23. The van der Waals surface area contributed by atoms with E-state index in [1.807, 2.05) is 6.07 Å².